The molecule has 1 heterocycles. The average Bonchev–Trinajstić information content (AvgIpc) is 2.67. The quantitative estimate of drug-likeness (QED) is 0.844. The molecule has 15 heavy (non-hydrogen) atoms. The third-order valence-electron chi connectivity index (χ3n) is 2.95. The number of halogens is 1. The van der Waals surface area contributed by atoms with Crippen LogP contribution in [0.25, 0.3) is 0 Å². The number of aliphatic hydroxyl groups is 1. The Bertz CT molecular complexity index is 288. The summed E-state index contributed by atoms with van der Waals surface area (Å²) < 4.78 is 1.15. The molecule has 4 heteroatoms. The molecule has 0 bridgehead atoms. The van der Waals surface area contributed by atoms with E-state index in [1.807, 2.05) is 0 Å². The number of thiophene rings is 1. The highest BCUT2D eigenvalue weighted by molar-refractivity contribution is 9.11. The molecule has 86 valence electrons. The van der Waals surface area contributed by atoms with E-state index in [0.29, 0.717) is 0 Å². The van der Waals surface area contributed by atoms with Crippen molar-refractivity contribution in [2.24, 2.45) is 0 Å². The topological polar surface area (TPSA) is 32.3 Å². The minimum atomic E-state index is -0.117. The summed E-state index contributed by atoms with van der Waals surface area (Å²) in [5, 5.41) is 15.0. The number of nitrogens with one attached hydrogen (secondary N) is 1. The lowest BCUT2D eigenvalue weighted by atomic mass is 9.94. The first-order valence-electron chi connectivity index (χ1n) is 5.24. The van der Waals surface area contributed by atoms with Gasteiger partial charge in [0.1, 0.15) is 0 Å². The predicted molar refractivity (Wildman–Crippen MR) is 69.3 cm³/mol. The van der Waals surface area contributed by atoms with Crippen molar-refractivity contribution in [1.29, 1.82) is 0 Å². The van der Waals surface area contributed by atoms with Crippen LogP contribution in [0, 0.1) is 0 Å². The summed E-state index contributed by atoms with van der Waals surface area (Å²) in [5.74, 6) is 0. The average molecular weight is 292 g/mol. The summed E-state index contributed by atoms with van der Waals surface area (Å²) >= 11 is 5.14. The van der Waals surface area contributed by atoms with Crippen molar-refractivity contribution < 1.29 is 5.11 Å². The third-order valence-corrected chi connectivity index (χ3v) is 4.50. The minimum absolute atomic E-state index is 0.117. The maximum atomic E-state index is 9.39. The van der Waals surface area contributed by atoms with E-state index in [1.165, 1.54) is 5.56 Å². The largest absolute Gasteiger partial charge is 0.394 e. The first-order valence-corrected chi connectivity index (χ1v) is 6.92. The molecule has 0 unspecified atom stereocenters. The predicted octanol–water partition coefficient (Wildman–Crippen LogP) is 3.15. The van der Waals surface area contributed by atoms with E-state index in [9.17, 15) is 5.11 Å². The molecular weight excluding hydrogens is 274 g/mol. The number of hydrogen-bond donors (Lipinski definition) is 2. The standard InChI is InChI=1S/C11H18BrNOS/c1-3-11(4-2,8-14)13-6-9-5-10(12)15-7-9/h5,7,13-14H,3-4,6,8H2,1-2H3. The summed E-state index contributed by atoms with van der Waals surface area (Å²) in [6, 6.07) is 2.12. The van der Waals surface area contributed by atoms with Crippen LogP contribution in [-0.4, -0.2) is 17.3 Å². The Morgan fingerprint density at radius 3 is 2.53 bits per heavy atom. The molecule has 0 aliphatic heterocycles. The van der Waals surface area contributed by atoms with Crippen LogP contribution in [0.1, 0.15) is 32.3 Å². The van der Waals surface area contributed by atoms with Crippen LogP contribution >= 0.6 is 27.3 Å². The van der Waals surface area contributed by atoms with Gasteiger partial charge in [0.2, 0.25) is 0 Å². The van der Waals surface area contributed by atoms with Gasteiger partial charge in [-0.2, -0.15) is 0 Å². The number of hydrogen-bond acceptors (Lipinski definition) is 3. The SMILES string of the molecule is CCC(CC)(CO)NCc1csc(Br)c1. The van der Waals surface area contributed by atoms with Gasteiger partial charge in [-0.1, -0.05) is 13.8 Å². The second-order valence-electron chi connectivity index (χ2n) is 3.76. The molecule has 0 aromatic carbocycles. The first kappa shape index (κ1) is 13.2. The third kappa shape index (κ3) is 3.55. The highest BCUT2D eigenvalue weighted by atomic mass is 79.9. The summed E-state index contributed by atoms with van der Waals surface area (Å²) in [4.78, 5) is 0. The molecular formula is C11H18BrNOS. The Morgan fingerprint density at radius 2 is 2.13 bits per heavy atom. The zero-order valence-electron chi connectivity index (χ0n) is 9.22. The summed E-state index contributed by atoms with van der Waals surface area (Å²) in [6.45, 7) is 5.24. The molecule has 0 radical (unpaired) electrons. The Hall–Kier alpha value is 0.100. The van der Waals surface area contributed by atoms with Gasteiger partial charge in [0.25, 0.3) is 0 Å². The van der Waals surface area contributed by atoms with Crippen LogP contribution in [0.5, 0.6) is 0 Å². The Balaban J connectivity index is 2.54. The first-order chi connectivity index (χ1) is 7.15. The number of aliphatic hydroxyl groups excluding tert-OH is 1. The Morgan fingerprint density at radius 1 is 1.47 bits per heavy atom. The molecule has 2 nitrogen and oxygen atoms in total. The van der Waals surface area contributed by atoms with E-state index in [4.69, 9.17) is 0 Å². The molecule has 0 aliphatic carbocycles. The monoisotopic (exact) mass is 291 g/mol. The van der Waals surface area contributed by atoms with Gasteiger partial charge >= 0.3 is 0 Å². The highest BCUT2D eigenvalue weighted by Gasteiger charge is 2.23. The van der Waals surface area contributed by atoms with Gasteiger partial charge in [-0.3, -0.25) is 0 Å². The molecule has 1 aromatic heterocycles. The fraction of sp³-hybridized carbons (Fsp3) is 0.636. The summed E-state index contributed by atoms with van der Waals surface area (Å²) in [7, 11) is 0. The van der Waals surface area contributed by atoms with Crippen molar-refractivity contribution in [3.8, 4) is 0 Å². The van der Waals surface area contributed by atoms with Crippen LogP contribution in [-0.2, 0) is 6.54 Å². The highest BCUT2D eigenvalue weighted by Crippen LogP contribution is 2.22. The molecule has 0 atom stereocenters. The zero-order valence-corrected chi connectivity index (χ0v) is 11.6. The maximum Gasteiger partial charge on any atom is 0.0701 e. The van der Waals surface area contributed by atoms with Crippen LogP contribution in [0.4, 0.5) is 0 Å². The van der Waals surface area contributed by atoms with E-state index in [0.717, 1.165) is 23.2 Å². The van der Waals surface area contributed by atoms with Gasteiger partial charge in [0.05, 0.1) is 10.4 Å². The van der Waals surface area contributed by atoms with Crippen molar-refractivity contribution in [3.05, 3.63) is 20.8 Å². The van der Waals surface area contributed by atoms with Crippen LogP contribution in [0.2, 0.25) is 0 Å². The Labute approximate surface area is 104 Å². The van der Waals surface area contributed by atoms with E-state index in [1.54, 1.807) is 11.3 Å². The molecule has 0 spiro atoms. The zero-order chi connectivity index (χ0) is 11.3. The van der Waals surface area contributed by atoms with Crippen LogP contribution in [0.15, 0.2) is 15.2 Å². The molecule has 1 rings (SSSR count). The lowest BCUT2D eigenvalue weighted by Crippen LogP contribution is -2.46. The molecule has 2 N–H and O–H groups in total. The van der Waals surface area contributed by atoms with Gasteiger partial charge in [0.15, 0.2) is 0 Å². The second kappa shape index (κ2) is 5.99. The molecule has 0 fully saturated rings. The van der Waals surface area contributed by atoms with Crippen molar-refractivity contribution >= 4 is 27.3 Å². The number of rotatable bonds is 6. The van der Waals surface area contributed by atoms with E-state index in [-0.39, 0.29) is 12.1 Å². The van der Waals surface area contributed by atoms with Crippen molar-refractivity contribution in [1.82, 2.24) is 5.32 Å². The lowest BCUT2D eigenvalue weighted by Gasteiger charge is -2.30. The lowest BCUT2D eigenvalue weighted by molar-refractivity contribution is 0.149. The van der Waals surface area contributed by atoms with Gasteiger partial charge in [-0.15, -0.1) is 11.3 Å². The fourth-order valence-corrected chi connectivity index (χ4v) is 2.72. The molecule has 0 aliphatic rings. The van der Waals surface area contributed by atoms with Crippen molar-refractivity contribution in [2.75, 3.05) is 6.61 Å². The molecule has 0 saturated heterocycles. The van der Waals surface area contributed by atoms with E-state index in [2.05, 4.69) is 46.5 Å². The normalized spacial score (nSPS) is 12.0. The molecule has 1 aromatic rings. The van der Waals surface area contributed by atoms with E-state index < -0.39 is 0 Å². The summed E-state index contributed by atoms with van der Waals surface area (Å²) in [6.07, 6.45) is 1.90. The maximum absolute atomic E-state index is 9.39. The van der Waals surface area contributed by atoms with Crippen molar-refractivity contribution in [3.63, 3.8) is 0 Å². The summed E-state index contributed by atoms with van der Waals surface area (Å²) in [5.41, 5.74) is 1.15. The van der Waals surface area contributed by atoms with Crippen LogP contribution < -0.4 is 5.32 Å². The van der Waals surface area contributed by atoms with Gasteiger partial charge < -0.3 is 10.4 Å². The fourth-order valence-electron chi connectivity index (χ4n) is 1.51. The van der Waals surface area contributed by atoms with Gasteiger partial charge in [-0.25, -0.2) is 0 Å². The van der Waals surface area contributed by atoms with Gasteiger partial charge in [0, 0.05) is 12.1 Å². The minimum Gasteiger partial charge on any atom is -0.394 e. The molecule has 0 saturated carbocycles. The van der Waals surface area contributed by atoms with E-state index >= 15 is 0 Å². The molecule has 0 amide bonds. The van der Waals surface area contributed by atoms with Gasteiger partial charge in [-0.05, 0) is 45.8 Å². The van der Waals surface area contributed by atoms with Crippen molar-refractivity contribution in [2.45, 2.75) is 38.8 Å². The Kier molecular flexibility index (Phi) is 5.26. The second-order valence-corrected chi connectivity index (χ2v) is 6.05. The smallest absolute Gasteiger partial charge is 0.0701 e. The van der Waals surface area contributed by atoms with Crippen LogP contribution in [0.3, 0.4) is 0 Å².